The van der Waals surface area contributed by atoms with Crippen LogP contribution < -0.4 is 15.5 Å². The van der Waals surface area contributed by atoms with E-state index in [0.717, 1.165) is 5.56 Å². The van der Waals surface area contributed by atoms with Crippen LogP contribution in [0.1, 0.15) is 37.9 Å². The number of likely N-dealkylation sites (N-methyl/N-ethyl adjacent to an activating group) is 1. The standard InChI is InChI=1S/C20H26F3N7O.H2S/c1-11(2)15-17(31)27-14-12(3)26-18(28-16(14)29(15)4)24-7-13-8-25-30(9-13)10-19(5-6-19)20(21,22)23;/h8-9,11,15H,5-7,10H2,1-4H3,(H,27,31)(H,24,26,28);1H2/t15-;/m0./s1. The number of aryl methyl sites for hydroxylation is 1. The topological polar surface area (TPSA) is 88.0 Å². The molecule has 32 heavy (non-hydrogen) atoms. The normalized spacial score (nSPS) is 19.3. The number of hydrogen-bond acceptors (Lipinski definition) is 6. The molecule has 1 saturated carbocycles. The molecule has 4 rings (SSSR count). The summed E-state index contributed by atoms with van der Waals surface area (Å²) in [6.07, 6.45) is -0.751. The van der Waals surface area contributed by atoms with Crippen molar-refractivity contribution in [3.63, 3.8) is 0 Å². The number of halogens is 3. The van der Waals surface area contributed by atoms with Crippen molar-refractivity contribution in [3.8, 4) is 0 Å². The predicted molar refractivity (Wildman–Crippen MR) is 120 cm³/mol. The van der Waals surface area contributed by atoms with Crippen molar-refractivity contribution in [1.29, 1.82) is 0 Å². The van der Waals surface area contributed by atoms with Crippen molar-refractivity contribution in [3.05, 3.63) is 23.7 Å². The van der Waals surface area contributed by atoms with Gasteiger partial charge in [0.05, 0.1) is 23.9 Å². The van der Waals surface area contributed by atoms with E-state index in [0.29, 0.717) is 29.7 Å². The Labute approximate surface area is 191 Å². The van der Waals surface area contributed by atoms with Gasteiger partial charge in [0.15, 0.2) is 5.82 Å². The highest BCUT2D eigenvalue weighted by atomic mass is 32.1. The van der Waals surface area contributed by atoms with Gasteiger partial charge in [-0.15, -0.1) is 0 Å². The molecule has 0 saturated heterocycles. The van der Waals surface area contributed by atoms with Gasteiger partial charge in [0.2, 0.25) is 11.9 Å². The number of aromatic nitrogens is 4. The first-order valence-corrected chi connectivity index (χ1v) is 10.2. The van der Waals surface area contributed by atoms with E-state index in [1.807, 2.05) is 25.8 Å². The Morgan fingerprint density at radius 1 is 1.31 bits per heavy atom. The van der Waals surface area contributed by atoms with E-state index in [2.05, 4.69) is 25.7 Å². The third-order valence-electron chi connectivity index (χ3n) is 6.03. The van der Waals surface area contributed by atoms with Crippen molar-refractivity contribution in [1.82, 2.24) is 19.7 Å². The lowest BCUT2D eigenvalue weighted by Gasteiger charge is -2.36. The lowest BCUT2D eigenvalue weighted by Crippen LogP contribution is -2.49. The average Bonchev–Trinajstić information content (AvgIpc) is 3.32. The van der Waals surface area contributed by atoms with Crippen LogP contribution in [-0.4, -0.2) is 44.9 Å². The van der Waals surface area contributed by atoms with Crippen LogP contribution in [0.15, 0.2) is 12.4 Å². The molecule has 0 bridgehead atoms. The lowest BCUT2D eigenvalue weighted by molar-refractivity contribution is -0.191. The number of nitrogens with zero attached hydrogens (tertiary/aromatic N) is 5. The van der Waals surface area contributed by atoms with Crippen LogP contribution in [-0.2, 0) is 17.9 Å². The maximum atomic E-state index is 13.2. The maximum Gasteiger partial charge on any atom is 0.396 e. The van der Waals surface area contributed by atoms with Crippen LogP contribution in [0.4, 0.5) is 30.6 Å². The van der Waals surface area contributed by atoms with E-state index >= 15 is 0 Å². The van der Waals surface area contributed by atoms with Gasteiger partial charge < -0.3 is 15.5 Å². The quantitative estimate of drug-likeness (QED) is 0.671. The monoisotopic (exact) mass is 471 g/mol. The Morgan fingerprint density at radius 3 is 2.59 bits per heavy atom. The molecule has 8 nitrogen and oxygen atoms in total. The second-order valence-corrected chi connectivity index (χ2v) is 8.80. The summed E-state index contributed by atoms with van der Waals surface area (Å²) in [6, 6.07) is -0.337. The highest BCUT2D eigenvalue weighted by Crippen LogP contribution is 2.58. The van der Waals surface area contributed by atoms with Gasteiger partial charge in [-0.05, 0) is 25.7 Å². The summed E-state index contributed by atoms with van der Waals surface area (Å²) in [5, 5.41) is 10.1. The minimum absolute atomic E-state index is 0. The molecule has 0 unspecified atom stereocenters. The van der Waals surface area contributed by atoms with Crippen molar-refractivity contribution >= 4 is 36.9 Å². The van der Waals surface area contributed by atoms with Crippen LogP contribution >= 0.6 is 13.5 Å². The van der Waals surface area contributed by atoms with Gasteiger partial charge in [-0.25, -0.2) is 4.98 Å². The Morgan fingerprint density at radius 2 is 2.00 bits per heavy atom. The fraction of sp³-hybridized carbons (Fsp3) is 0.600. The fourth-order valence-corrected chi connectivity index (χ4v) is 4.05. The molecule has 0 spiro atoms. The molecular formula is C20H28F3N7OS. The summed E-state index contributed by atoms with van der Waals surface area (Å²) >= 11 is 0. The molecule has 0 aromatic carbocycles. The summed E-state index contributed by atoms with van der Waals surface area (Å²) in [4.78, 5) is 23.2. The number of carbonyl (C=O) groups is 1. The number of hydrogen-bond donors (Lipinski definition) is 2. The number of fused-ring (bicyclic) bond motifs is 1. The third kappa shape index (κ3) is 4.37. The summed E-state index contributed by atoms with van der Waals surface area (Å²) < 4.78 is 40.9. The Kier molecular flexibility index (Phi) is 6.38. The molecule has 1 aliphatic carbocycles. The number of alkyl halides is 3. The van der Waals surface area contributed by atoms with Crippen LogP contribution in [0, 0.1) is 18.3 Å². The Hall–Kier alpha value is -2.50. The first-order valence-electron chi connectivity index (χ1n) is 10.2. The lowest BCUT2D eigenvalue weighted by atomic mass is 9.99. The maximum absolute atomic E-state index is 13.2. The minimum atomic E-state index is -4.21. The summed E-state index contributed by atoms with van der Waals surface area (Å²) in [5.74, 6) is 1.02. The second kappa shape index (κ2) is 8.45. The minimum Gasteiger partial charge on any atom is -0.350 e. The van der Waals surface area contributed by atoms with Crippen molar-refractivity contribution in [2.75, 3.05) is 22.6 Å². The number of anilines is 3. The highest BCUT2D eigenvalue weighted by molar-refractivity contribution is 7.59. The zero-order valence-corrected chi connectivity index (χ0v) is 19.4. The molecule has 176 valence electrons. The van der Waals surface area contributed by atoms with Crippen LogP contribution in [0.3, 0.4) is 0 Å². The molecule has 2 N–H and O–H groups in total. The number of amides is 1. The molecule has 2 aliphatic rings. The molecular weight excluding hydrogens is 443 g/mol. The largest absolute Gasteiger partial charge is 0.396 e. The van der Waals surface area contributed by atoms with Gasteiger partial charge in [-0.1, -0.05) is 13.8 Å². The van der Waals surface area contributed by atoms with Crippen molar-refractivity contribution < 1.29 is 18.0 Å². The third-order valence-corrected chi connectivity index (χ3v) is 6.03. The average molecular weight is 472 g/mol. The molecule has 1 amide bonds. The van der Waals surface area contributed by atoms with Crippen LogP contribution in [0.2, 0.25) is 0 Å². The smallest absolute Gasteiger partial charge is 0.350 e. The Bertz CT molecular complexity index is 1000. The van der Waals surface area contributed by atoms with E-state index in [-0.39, 0.29) is 50.7 Å². The van der Waals surface area contributed by atoms with Gasteiger partial charge >= 0.3 is 6.18 Å². The van der Waals surface area contributed by atoms with Gasteiger partial charge in [0, 0.05) is 25.4 Å². The molecule has 0 radical (unpaired) electrons. The molecule has 12 heteroatoms. The molecule has 1 atom stereocenters. The first kappa shape index (κ1) is 24.1. The second-order valence-electron chi connectivity index (χ2n) is 8.80. The number of nitrogens with one attached hydrogen (secondary N) is 2. The SMILES string of the molecule is Cc1nc(NCc2cnn(CC3(C(F)(F)F)CC3)c2)nc2c1NC(=O)[C@H](C(C)C)N2C.S. The van der Waals surface area contributed by atoms with Gasteiger partial charge in [-0.3, -0.25) is 9.48 Å². The van der Waals surface area contributed by atoms with Crippen LogP contribution in [0.25, 0.3) is 0 Å². The molecule has 1 fully saturated rings. The highest BCUT2D eigenvalue weighted by Gasteiger charge is 2.63. The van der Waals surface area contributed by atoms with Gasteiger partial charge in [0.25, 0.3) is 0 Å². The molecule has 2 aromatic rings. The summed E-state index contributed by atoms with van der Waals surface area (Å²) in [6.45, 7) is 5.90. The molecule has 2 aromatic heterocycles. The number of rotatable bonds is 6. The van der Waals surface area contributed by atoms with Gasteiger partial charge in [-0.2, -0.15) is 36.7 Å². The Balaban J connectivity index is 0.00000289. The van der Waals surface area contributed by atoms with Crippen LogP contribution in [0.5, 0.6) is 0 Å². The van der Waals surface area contributed by atoms with E-state index < -0.39 is 11.6 Å². The fourth-order valence-electron chi connectivity index (χ4n) is 4.05. The zero-order chi connectivity index (χ0) is 22.6. The van der Waals surface area contributed by atoms with E-state index in [1.165, 1.54) is 4.68 Å². The molecule has 3 heterocycles. The van der Waals surface area contributed by atoms with Gasteiger partial charge in [0.1, 0.15) is 11.7 Å². The summed E-state index contributed by atoms with van der Waals surface area (Å²) in [5.41, 5.74) is 0.319. The number of carbonyl (C=O) groups excluding carboxylic acids is 1. The first-order chi connectivity index (χ1) is 14.5. The van der Waals surface area contributed by atoms with E-state index in [1.54, 1.807) is 19.3 Å². The predicted octanol–water partition coefficient (Wildman–Crippen LogP) is 3.46. The van der Waals surface area contributed by atoms with Crippen molar-refractivity contribution in [2.45, 2.75) is 58.9 Å². The molecule has 1 aliphatic heterocycles. The van der Waals surface area contributed by atoms with E-state index in [9.17, 15) is 18.0 Å². The summed E-state index contributed by atoms with van der Waals surface area (Å²) in [7, 11) is 1.83. The zero-order valence-electron chi connectivity index (χ0n) is 18.4. The van der Waals surface area contributed by atoms with E-state index in [4.69, 9.17) is 0 Å². The van der Waals surface area contributed by atoms with Crippen molar-refractivity contribution in [2.24, 2.45) is 11.3 Å².